The summed E-state index contributed by atoms with van der Waals surface area (Å²) in [7, 11) is -2.97. The Morgan fingerprint density at radius 1 is 1.17 bits per heavy atom. The second kappa shape index (κ2) is 7.42. The molecular weight excluding hydrogens is 412 g/mol. The SMILES string of the molecule is Cc1ccc(NC(=O)c2cnc3c(c(C)nn3C3CCS(=O)(=O)CC3)c2Cl)cc1. The fraction of sp³-hybridized carbons (Fsp3) is 0.350. The van der Waals surface area contributed by atoms with Gasteiger partial charge in [-0.3, -0.25) is 4.79 Å². The molecule has 0 atom stereocenters. The van der Waals surface area contributed by atoms with Crippen LogP contribution < -0.4 is 5.32 Å². The molecule has 1 aliphatic heterocycles. The van der Waals surface area contributed by atoms with E-state index in [9.17, 15) is 13.2 Å². The van der Waals surface area contributed by atoms with Crippen LogP contribution in [0.25, 0.3) is 11.0 Å². The van der Waals surface area contributed by atoms with Crippen molar-refractivity contribution in [2.45, 2.75) is 32.7 Å². The minimum atomic E-state index is -2.97. The molecule has 1 aliphatic rings. The molecule has 0 saturated carbocycles. The minimum Gasteiger partial charge on any atom is -0.322 e. The monoisotopic (exact) mass is 432 g/mol. The van der Waals surface area contributed by atoms with Gasteiger partial charge in [0, 0.05) is 11.9 Å². The van der Waals surface area contributed by atoms with Crippen LogP contribution in [0.3, 0.4) is 0 Å². The number of carbonyl (C=O) groups is 1. The van der Waals surface area contributed by atoms with E-state index in [1.807, 2.05) is 38.1 Å². The molecule has 1 aromatic carbocycles. The van der Waals surface area contributed by atoms with Crippen molar-refractivity contribution in [2.24, 2.45) is 0 Å². The van der Waals surface area contributed by atoms with Crippen molar-refractivity contribution in [2.75, 3.05) is 16.8 Å². The first-order valence-corrected chi connectivity index (χ1v) is 11.6. The zero-order valence-electron chi connectivity index (χ0n) is 16.1. The third kappa shape index (κ3) is 3.86. The van der Waals surface area contributed by atoms with Crippen LogP contribution in [0.5, 0.6) is 0 Å². The third-order valence-electron chi connectivity index (χ3n) is 5.26. The third-order valence-corrected chi connectivity index (χ3v) is 7.36. The highest BCUT2D eigenvalue weighted by Crippen LogP contribution is 2.33. The van der Waals surface area contributed by atoms with Crippen LogP contribution in [-0.2, 0) is 9.84 Å². The number of hydrogen-bond acceptors (Lipinski definition) is 5. The van der Waals surface area contributed by atoms with E-state index in [0.717, 1.165) is 5.56 Å². The van der Waals surface area contributed by atoms with Crippen LogP contribution in [0.1, 0.15) is 40.5 Å². The number of sulfone groups is 1. The maximum absolute atomic E-state index is 12.7. The Labute approximate surface area is 174 Å². The van der Waals surface area contributed by atoms with E-state index in [0.29, 0.717) is 40.3 Å². The average Bonchev–Trinajstić information content (AvgIpc) is 3.01. The number of fused-ring (bicyclic) bond motifs is 1. The average molecular weight is 433 g/mol. The standard InChI is InChI=1S/C20H21ClN4O3S/c1-12-3-5-14(6-4-12)23-20(26)16-11-22-19-17(18(16)21)13(2)24-25(19)15-7-9-29(27,28)10-8-15/h3-6,11,15H,7-10H2,1-2H3,(H,23,26). The number of nitrogens with one attached hydrogen (secondary N) is 1. The number of rotatable bonds is 3. The summed E-state index contributed by atoms with van der Waals surface area (Å²) in [6.07, 6.45) is 2.44. The lowest BCUT2D eigenvalue weighted by atomic mass is 10.1. The summed E-state index contributed by atoms with van der Waals surface area (Å²) in [5, 5.41) is 8.31. The van der Waals surface area contributed by atoms with Crippen molar-refractivity contribution in [3.8, 4) is 0 Å². The number of hydrogen-bond donors (Lipinski definition) is 1. The van der Waals surface area contributed by atoms with Gasteiger partial charge in [0.2, 0.25) is 0 Å². The zero-order chi connectivity index (χ0) is 20.8. The summed E-state index contributed by atoms with van der Waals surface area (Å²) in [6, 6.07) is 7.43. The highest BCUT2D eigenvalue weighted by Gasteiger charge is 2.28. The topological polar surface area (TPSA) is 93.9 Å². The van der Waals surface area contributed by atoms with E-state index in [1.54, 1.807) is 4.68 Å². The van der Waals surface area contributed by atoms with Gasteiger partial charge in [-0.05, 0) is 38.8 Å². The molecule has 7 nitrogen and oxygen atoms in total. The van der Waals surface area contributed by atoms with Gasteiger partial charge in [-0.1, -0.05) is 29.3 Å². The van der Waals surface area contributed by atoms with Crippen molar-refractivity contribution in [3.05, 3.63) is 52.3 Å². The molecule has 0 spiro atoms. The van der Waals surface area contributed by atoms with Gasteiger partial charge in [0.25, 0.3) is 5.91 Å². The largest absolute Gasteiger partial charge is 0.322 e. The summed E-state index contributed by atoms with van der Waals surface area (Å²) < 4.78 is 25.2. The van der Waals surface area contributed by atoms with Gasteiger partial charge < -0.3 is 5.32 Å². The van der Waals surface area contributed by atoms with E-state index in [2.05, 4.69) is 15.4 Å². The Morgan fingerprint density at radius 3 is 2.48 bits per heavy atom. The van der Waals surface area contributed by atoms with E-state index in [4.69, 9.17) is 11.6 Å². The molecular formula is C20H21ClN4O3S. The smallest absolute Gasteiger partial charge is 0.258 e. The van der Waals surface area contributed by atoms with Gasteiger partial charge in [-0.2, -0.15) is 5.10 Å². The number of aromatic nitrogens is 3. The van der Waals surface area contributed by atoms with Crippen molar-refractivity contribution in [1.29, 1.82) is 0 Å². The van der Waals surface area contributed by atoms with Crippen LogP contribution in [0, 0.1) is 13.8 Å². The highest BCUT2D eigenvalue weighted by molar-refractivity contribution is 7.91. The molecule has 1 N–H and O–H groups in total. The Kier molecular flexibility index (Phi) is 5.08. The van der Waals surface area contributed by atoms with Gasteiger partial charge in [0.05, 0.1) is 39.2 Å². The number of benzene rings is 1. The number of anilines is 1. The Balaban J connectivity index is 1.66. The van der Waals surface area contributed by atoms with E-state index >= 15 is 0 Å². The van der Waals surface area contributed by atoms with E-state index in [-0.39, 0.29) is 29.0 Å². The molecule has 9 heteroatoms. The molecule has 3 aromatic rings. The lowest BCUT2D eigenvalue weighted by molar-refractivity contribution is 0.102. The quantitative estimate of drug-likeness (QED) is 0.680. The van der Waals surface area contributed by atoms with Crippen LogP contribution in [0.15, 0.2) is 30.5 Å². The number of amides is 1. The van der Waals surface area contributed by atoms with Crippen LogP contribution >= 0.6 is 11.6 Å². The Bertz CT molecular complexity index is 1190. The van der Waals surface area contributed by atoms with Gasteiger partial charge in [-0.15, -0.1) is 0 Å². The summed E-state index contributed by atoms with van der Waals surface area (Å²) in [5.74, 6) is -0.0600. The van der Waals surface area contributed by atoms with Gasteiger partial charge >= 0.3 is 0 Å². The fourth-order valence-electron chi connectivity index (χ4n) is 3.60. The molecule has 1 amide bonds. The molecule has 0 aliphatic carbocycles. The van der Waals surface area contributed by atoms with Gasteiger partial charge in [0.15, 0.2) is 5.65 Å². The molecule has 0 radical (unpaired) electrons. The first kappa shape index (κ1) is 19.8. The molecule has 3 heterocycles. The van der Waals surface area contributed by atoms with Crippen molar-refractivity contribution in [1.82, 2.24) is 14.8 Å². The Hall–Kier alpha value is -2.45. The van der Waals surface area contributed by atoms with Gasteiger partial charge in [-0.25, -0.2) is 18.1 Å². The van der Waals surface area contributed by atoms with E-state index in [1.165, 1.54) is 6.20 Å². The fourth-order valence-corrected chi connectivity index (χ4v) is 5.43. The first-order valence-electron chi connectivity index (χ1n) is 9.37. The van der Waals surface area contributed by atoms with Crippen molar-refractivity contribution >= 4 is 44.1 Å². The number of halogens is 1. The zero-order valence-corrected chi connectivity index (χ0v) is 17.7. The summed E-state index contributed by atoms with van der Waals surface area (Å²) >= 11 is 6.58. The van der Waals surface area contributed by atoms with Crippen LogP contribution in [0.4, 0.5) is 5.69 Å². The molecule has 1 fully saturated rings. The van der Waals surface area contributed by atoms with E-state index < -0.39 is 9.84 Å². The molecule has 152 valence electrons. The minimum absolute atomic E-state index is 0.0504. The van der Waals surface area contributed by atoms with Crippen molar-refractivity contribution in [3.63, 3.8) is 0 Å². The summed E-state index contributed by atoms with van der Waals surface area (Å²) in [6.45, 7) is 3.79. The predicted octanol–water partition coefficient (Wildman–Crippen LogP) is 3.70. The normalized spacial score (nSPS) is 16.8. The lowest BCUT2D eigenvalue weighted by Crippen LogP contribution is -2.26. The molecule has 29 heavy (non-hydrogen) atoms. The molecule has 1 saturated heterocycles. The maximum Gasteiger partial charge on any atom is 0.258 e. The number of carbonyl (C=O) groups excluding carboxylic acids is 1. The summed E-state index contributed by atoms with van der Waals surface area (Å²) in [4.78, 5) is 17.2. The van der Waals surface area contributed by atoms with Gasteiger partial charge in [0.1, 0.15) is 9.84 Å². The molecule has 2 aromatic heterocycles. The first-order chi connectivity index (χ1) is 13.7. The Morgan fingerprint density at radius 2 is 1.83 bits per heavy atom. The highest BCUT2D eigenvalue weighted by atomic mass is 35.5. The van der Waals surface area contributed by atoms with Crippen LogP contribution in [-0.4, -0.2) is 40.6 Å². The number of nitrogens with zero attached hydrogens (tertiary/aromatic N) is 3. The maximum atomic E-state index is 12.7. The lowest BCUT2D eigenvalue weighted by Gasteiger charge is -2.22. The number of aryl methyl sites for hydroxylation is 2. The molecule has 0 bridgehead atoms. The second-order valence-electron chi connectivity index (χ2n) is 7.42. The molecule has 4 rings (SSSR count). The van der Waals surface area contributed by atoms with Crippen molar-refractivity contribution < 1.29 is 13.2 Å². The van der Waals surface area contributed by atoms with Crippen LogP contribution in [0.2, 0.25) is 5.02 Å². The predicted molar refractivity (Wildman–Crippen MR) is 113 cm³/mol. The number of pyridine rings is 1. The summed E-state index contributed by atoms with van der Waals surface area (Å²) in [5.41, 5.74) is 3.28. The second-order valence-corrected chi connectivity index (χ2v) is 10.1. The molecule has 0 unspecified atom stereocenters.